The highest BCUT2D eigenvalue weighted by Gasteiger charge is 2.14. The summed E-state index contributed by atoms with van der Waals surface area (Å²) in [5.74, 6) is 0. The lowest BCUT2D eigenvalue weighted by Gasteiger charge is -2.21. The standard InChI is InChI=1S/C12H18/c1-10-5-6-11(2)9-12(3,4)8-7-10/h5-8H,9H2,1-4H3/b8-7-,10-5-,11-6?. The zero-order valence-electron chi connectivity index (χ0n) is 8.52. The van der Waals surface area contributed by atoms with E-state index in [0.29, 0.717) is 5.41 Å². The molecule has 0 fully saturated rings. The fourth-order valence-corrected chi connectivity index (χ4v) is 1.52. The van der Waals surface area contributed by atoms with Crippen LogP contribution in [0.2, 0.25) is 0 Å². The summed E-state index contributed by atoms with van der Waals surface area (Å²) in [7, 11) is 0. The molecule has 66 valence electrons. The van der Waals surface area contributed by atoms with E-state index in [2.05, 4.69) is 52.0 Å². The van der Waals surface area contributed by atoms with Crippen LogP contribution in [-0.2, 0) is 0 Å². The van der Waals surface area contributed by atoms with Crippen LogP contribution in [0.25, 0.3) is 0 Å². The second kappa shape index (κ2) is 3.30. The molecule has 0 bridgehead atoms. The van der Waals surface area contributed by atoms with Crippen molar-refractivity contribution in [3.63, 3.8) is 0 Å². The largest absolute Gasteiger partial charge is 0.0783 e. The van der Waals surface area contributed by atoms with Crippen molar-refractivity contribution in [2.75, 3.05) is 0 Å². The van der Waals surface area contributed by atoms with Gasteiger partial charge in [0.1, 0.15) is 0 Å². The maximum absolute atomic E-state index is 2.30. The van der Waals surface area contributed by atoms with Gasteiger partial charge in [0.15, 0.2) is 0 Å². The molecule has 0 radical (unpaired) electrons. The summed E-state index contributed by atoms with van der Waals surface area (Å²) in [5.41, 5.74) is 3.11. The van der Waals surface area contributed by atoms with Gasteiger partial charge < -0.3 is 0 Å². The van der Waals surface area contributed by atoms with Gasteiger partial charge >= 0.3 is 0 Å². The Hall–Kier alpha value is -0.780. The summed E-state index contributed by atoms with van der Waals surface area (Å²) in [6.45, 7) is 8.89. The minimum Gasteiger partial charge on any atom is -0.0783 e. The van der Waals surface area contributed by atoms with Crippen LogP contribution in [0.4, 0.5) is 0 Å². The number of allylic oxidation sites excluding steroid dienone is 6. The van der Waals surface area contributed by atoms with Crippen molar-refractivity contribution in [2.24, 2.45) is 5.41 Å². The van der Waals surface area contributed by atoms with E-state index in [1.54, 1.807) is 0 Å². The van der Waals surface area contributed by atoms with Gasteiger partial charge in [-0.3, -0.25) is 0 Å². The van der Waals surface area contributed by atoms with Crippen LogP contribution >= 0.6 is 0 Å². The Labute approximate surface area is 75.7 Å². The molecular weight excluding hydrogens is 144 g/mol. The van der Waals surface area contributed by atoms with Crippen LogP contribution < -0.4 is 0 Å². The highest BCUT2D eigenvalue weighted by molar-refractivity contribution is 5.28. The summed E-state index contributed by atoms with van der Waals surface area (Å²) in [5, 5.41) is 0. The molecule has 0 unspecified atom stereocenters. The predicted molar refractivity (Wildman–Crippen MR) is 55.1 cm³/mol. The summed E-state index contributed by atoms with van der Waals surface area (Å²) < 4.78 is 0. The minimum absolute atomic E-state index is 0.316. The van der Waals surface area contributed by atoms with E-state index in [1.807, 2.05) is 0 Å². The quantitative estimate of drug-likeness (QED) is 0.507. The van der Waals surface area contributed by atoms with Crippen molar-refractivity contribution in [1.29, 1.82) is 0 Å². The predicted octanol–water partition coefficient (Wildman–Crippen LogP) is 3.87. The number of rotatable bonds is 0. The Morgan fingerprint density at radius 2 is 1.83 bits per heavy atom. The van der Waals surface area contributed by atoms with Crippen molar-refractivity contribution in [3.8, 4) is 0 Å². The molecule has 1 aliphatic rings. The smallest absolute Gasteiger partial charge is 0.0134 e. The van der Waals surface area contributed by atoms with Crippen molar-refractivity contribution < 1.29 is 0 Å². The third-order valence-corrected chi connectivity index (χ3v) is 2.16. The van der Waals surface area contributed by atoms with Gasteiger partial charge in [0.2, 0.25) is 0 Å². The molecule has 0 nitrogen and oxygen atoms in total. The van der Waals surface area contributed by atoms with Crippen molar-refractivity contribution >= 4 is 0 Å². The van der Waals surface area contributed by atoms with Gasteiger partial charge in [-0.05, 0) is 25.7 Å². The van der Waals surface area contributed by atoms with Crippen LogP contribution in [0, 0.1) is 5.41 Å². The van der Waals surface area contributed by atoms with E-state index in [9.17, 15) is 0 Å². The van der Waals surface area contributed by atoms with Crippen molar-refractivity contribution in [2.45, 2.75) is 34.1 Å². The first-order chi connectivity index (χ1) is 5.49. The average molecular weight is 162 g/mol. The first-order valence-electron chi connectivity index (χ1n) is 4.53. The molecule has 0 aromatic heterocycles. The highest BCUT2D eigenvalue weighted by Crippen LogP contribution is 2.28. The van der Waals surface area contributed by atoms with E-state index in [-0.39, 0.29) is 0 Å². The van der Waals surface area contributed by atoms with Crippen LogP contribution in [0.15, 0.2) is 35.5 Å². The van der Waals surface area contributed by atoms with E-state index >= 15 is 0 Å². The van der Waals surface area contributed by atoms with Gasteiger partial charge in [-0.2, -0.15) is 0 Å². The number of hydrogen-bond donors (Lipinski definition) is 0. The molecule has 1 aliphatic carbocycles. The molecule has 12 heavy (non-hydrogen) atoms. The first-order valence-corrected chi connectivity index (χ1v) is 4.53. The number of hydrogen-bond acceptors (Lipinski definition) is 0. The molecule has 0 saturated carbocycles. The molecule has 0 aromatic carbocycles. The van der Waals surface area contributed by atoms with Crippen LogP contribution in [0.5, 0.6) is 0 Å². The molecule has 0 atom stereocenters. The van der Waals surface area contributed by atoms with Gasteiger partial charge in [-0.25, -0.2) is 0 Å². The lowest BCUT2D eigenvalue weighted by atomic mass is 9.84. The lowest BCUT2D eigenvalue weighted by molar-refractivity contribution is 0.474. The van der Waals surface area contributed by atoms with E-state index in [4.69, 9.17) is 0 Å². The summed E-state index contributed by atoms with van der Waals surface area (Å²) in [6, 6.07) is 0. The fourth-order valence-electron chi connectivity index (χ4n) is 1.52. The third-order valence-electron chi connectivity index (χ3n) is 2.16. The molecule has 0 aromatic rings. The Bertz CT molecular complexity index is 249. The van der Waals surface area contributed by atoms with Gasteiger partial charge in [0.05, 0.1) is 0 Å². The van der Waals surface area contributed by atoms with E-state index < -0.39 is 0 Å². The monoisotopic (exact) mass is 162 g/mol. The third kappa shape index (κ3) is 2.69. The van der Waals surface area contributed by atoms with Gasteiger partial charge in [0.25, 0.3) is 0 Å². The molecule has 0 saturated heterocycles. The lowest BCUT2D eigenvalue weighted by Crippen LogP contribution is -2.08. The van der Waals surface area contributed by atoms with Crippen LogP contribution in [-0.4, -0.2) is 0 Å². The highest BCUT2D eigenvalue weighted by atomic mass is 14.2. The molecular formula is C12H18. The molecule has 0 spiro atoms. The summed E-state index contributed by atoms with van der Waals surface area (Å²) in [4.78, 5) is 0. The van der Waals surface area contributed by atoms with Crippen LogP contribution in [0.1, 0.15) is 34.1 Å². The molecule has 0 aliphatic heterocycles. The average Bonchev–Trinajstić information content (AvgIpc) is 1.95. The Morgan fingerprint density at radius 3 is 2.50 bits per heavy atom. The maximum Gasteiger partial charge on any atom is -0.0134 e. The van der Waals surface area contributed by atoms with Gasteiger partial charge in [0, 0.05) is 0 Å². The zero-order chi connectivity index (χ0) is 9.19. The SMILES string of the molecule is CC1=C/C=C(C)\C=C/C(C)(C)C1. The summed E-state index contributed by atoms with van der Waals surface area (Å²) >= 11 is 0. The second-order valence-electron chi connectivity index (χ2n) is 4.42. The maximum atomic E-state index is 2.30. The minimum atomic E-state index is 0.316. The van der Waals surface area contributed by atoms with E-state index in [1.165, 1.54) is 11.1 Å². The van der Waals surface area contributed by atoms with Gasteiger partial charge in [-0.15, -0.1) is 0 Å². The molecule has 0 amide bonds. The Balaban J connectivity index is 2.95. The second-order valence-corrected chi connectivity index (χ2v) is 4.42. The first kappa shape index (κ1) is 9.31. The molecule has 0 heteroatoms. The van der Waals surface area contributed by atoms with Crippen molar-refractivity contribution in [1.82, 2.24) is 0 Å². The molecule has 0 heterocycles. The topological polar surface area (TPSA) is 0 Å². The molecule has 1 rings (SSSR count). The molecule has 0 N–H and O–H groups in total. The van der Waals surface area contributed by atoms with Crippen molar-refractivity contribution in [3.05, 3.63) is 35.5 Å². The Kier molecular flexibility index (Phi) is 2.56. The van der Waals surface area contributed by atoms with Crippen LogP contribution in [0.3, 0.4) is 0 Å². The zero-order valence-corrected chi connectivity index (χ0v) is 8.52. The van der Waals surface area contributed by atoms with Gasteiger partial charge in [-0.1, -0.05) is 49.3 Å². The normalized spacial score (nSPS) is 29.3. The summed E-state index contributed by atoms with van der Waals surface area (Å²) in [6.07, 6.45) is 10.1. The van der Waals surface area contributed by atoms with E-state index in [0.717, 1.165) is 6.42 Å². The fraction of sp³-hybridized carbons (Fsp3) is 0.500. The Morgan fingerprint density at radius 1 is 1.17 bits per heavy atom.